The van der Waals surface area contributed by atoms with Crippen molar-refractivity contribution in [3.8, 4) is 0 Å². The van der Waals surface area contributed by atoms with Gasteiger partial charge in [0.05, 0.1) is 6.61 Å². The van der Waals surface area contributed by atoms with Crippen molar-refractivity contribution >= 4 is 0 Å². The van der Waals surface area contributed by atoms with Crippen molar-refractivity contribution in [3.05, 3.63) is 5.92 Å². The zero-order valence-electron chi connectivity index (χ0n) is 10.6. The zero-order chi connectivity index (χ0) is 11.5. The van der Waals surface area contributed by atoms with E-state index in [1.807, 2.05) is 0 Å². The average molecular weight is 213 g/mol. The van der Waals surface area contributed by atoms with E-state index in [-0.39, 0.29) is 12.1 Å². The molecule has 15 heavy (non-hydrogen) atoms. The van der Waals surface area contributed by atoms with Gasteiger partial charge in [-0.05, 0) is 19.8 Å². The molecule has 0 saturated carbocycles. The maximum Gasteiger partial charge on any atom is 0.0610 e. The number of aliphatic hydroxyl groups excluding tert-OH is 1. The summed E-state index contributed by atoms with van der Waals surface area (Å²) in [5.74, 6) is 1.48. The van der Waals surface area contributed by atoms with Crippen LogP contribution in [-0.4, -0.2) is 59.8 Å². The molecule has 1 rings (SSSR count). The number of rotatable bonds is 4. The van der Waals surface area contributed by atoms with Gasteiger partial charge in [-0.15, -0.1) is 0 Å². The van der Waals surface area contributed by atoms with Gasteiger partial charge in [0.25, 0.3) is 0 Å². The first-order chi connectivity index (χ1) is 6.95. The van der Waals surface area contributed by atoms with E-state index in [0.717, 1.165) is 32.7 Å². The summed E-state index contributed by atoms with van der Waals surface area (Å²) in [4.78, 5) is 4.87. The van der Waals surface area contributed by atoms with Crippen molar-refractivity contribution in [1.29, 1.82) is 0 Å². The van der Waals surface area contributed by atoms with E-state index in [1.54, 1.807) is 0 Å². The molecule has 0 aliphatic carbocycles. The topological polar surface area (TPSA) is 26.7 Å². The van der Waals surface area contributed by atoms with Crippen LogP contribution in [0.4, 0.5) is 0 Å². The Labute approximate surface area is 94.1 Å². The maximum atomic E-state index is 9.30. The molecule has 3 heteroatoms. The van der Waals surface area contributed by atoms with Crippen molar-refractivity contribution in [2.45, 2.75) is 33.2 Å². The first-order valence-corrected chi connectivity index (χ1v) is 5.83. The van der Waals surface area contributed by atoms with Crippen LogP contribution in [0.25, 0.3) is 0 Å². The molecule has 1 saturated heterocycles. The van der Waals surface area contributed by atoms with Crippen LogP contribution in [-0.2, 0) is 0 Å². The second kappa shape index (κ2) is 5.28. The summed E-state index contributed by atoms with van der Waals surface area (Å²) in [7, 11) is 0. The molecule has 0 atom stereocenters. The SMILES string of the molecule is C[C](C)CN1CCN(C(C)(C)CO)CC1. The van der Waals surface area contributed by atoms with Gasteiger partial charge in [0.2, 0.25) is 0 Å². The van der Waals surface area contributed by atoms with E-state index in [0.29, 0.717) is 0 Å². The molecule has 0 aromatic carbocycles. The van der Waals surface area contributed by atoms with Crippen LogP contribution in [0, 0.1) is 5.92 Å². The lowest BCUT2D eigenvalue weighted by molar-refractivity contribution is 0.0179. The molecule has 1 heterocycles. The highest BCUT2D eigenvalue weighted by molar-refractivity contribution is 4.88. The largest absolute Gasteiger partial charge is 0.394 e. The Hall–Kier alpha value is -0.120. The Bertz CT molecular complexity index is 184. The fourth-order valence-electron chi connectivity index (χ4n) is 2.06. The molecule has 1 aliphatic rings. The molecule has 0 amide bonds. The number of nitrogens with zero attached hydrogens (tertiary/aromatic N) is 2. The number of piperazine rings is 1. The van der Waals surface area contributed by atoms with Crippen LogP contribution >= 0.6 is 0 Å². The molecule has 0 spiro atoms. The molecular weight excluding hydrogens is 188 g/mol. The summed E-state index contributed by atoms with van der Waals surface area (Å²) in [6.45, 7) is 14.3. The van der Waals surface area contributed by atoms with Crippen LogP contribution in [0.5, 0.6) is 0 Å². The third-order valence-corrected chi connectivity index (χ3v) is 3.16. The summed E-state index contributed by atoms with van der Waals surface area (Å²) < 4.78 is 0. The highest BCUT2D eigenvalue weighted by Gasteiger charge is 2.29. The van der Waals surface area contributed by atoms with Gasteiger partial charge in [-0.2, -0.15) is 0 Å². The Balaban J connectivity index is 2.36. The van der Waals surface area contributed by atoms with Crippen molar-refractivity contribution < 1.29 is 5.11 Å². The summed E-state index contributed by atoms with van der Waals surface area (Å²) in [6, 6.07) is 0. The molecule has 89 valence electrons. The fourth-order valence-corrected chi connectivity index (χ4v) is 2.06. The Morgan fingerprint density at radius 1 is 1.13 bits per heavy atom. The van der Waals surface area contributed by atoms with E-state index >= 15 is 0 Å². The van der Waals surface area contributed by atoms with Crippen LogP contribution in [0.1, 0.15) is 27.7 Å². The normalized spacial score (nSPS) is 21.2. The van der Waals surface area contributed by atoms with Gasteiger partial charge >= 0.3 is 0 Å². The van der Waals surface area contributed by atoms with Crippen LogP contribution in [0.2, 0.25) is 0 Å². The molecular formula is C12H25N2O. The molecule has 0 unspecified atom stereocenters. The first kappa shape index (κ1) is 12.9. The summed E-state index contributed by atoms with van der Waals surface area (Å²) in [6.07, 6.45) is 0. The van der Waals surface area contributed by atoms with Gasteiger partial charge in [-0.3, -0.25) is 4.90 Å². The van der Waals surface area contributed by atoms with Gasteiger partial charge in [0, 0.05) is 38.3 Å². The second-order valence-electron chi connectivity index (χ2n) is 5.44. The maximum absolute atomic E-state index is 9.30. The third-order valence-electron chi connectivity index (χ3n) is 3.16. The van der Waals surface area contributed by atoms with Gasteiger partial charge in [-0.25, -0.2) is 0 Å². The van der Waals surface area contributed by atoms with E-state index in [9.17, 15) is 5.11 Å². The highest BCUT2D eigenvalue weighted by atomic mass is 16.3. The van der Waals surface area contributed by atoms with Crippen LogP contribution in [0.15, 0.2) is 0 Å². The van der Waals surface area contributed by atoms with Gasteiger partial charge in [0.1, 0.15) is 0 Å². The summed E-state index contributed by atoms with van der Waals surface area (Å²) >= 11 is 0. The van der Waals surface area contributed by atoms with Gasteiger partial charge in [-0.1, -0.05) is 13.8 Å². The minimum absolute atomic E-state index is 0.0585. The highest BCUT2D eigenvalue weighted by Crippen LogP contribution is 2.16. The molecule has 0 aromatic rings. The zero-order valence-corrected chi connectivity index (χ0v) is 10.6. The molecule has 3 nitrogen and oxygen atoms in total. The quantitative estimate of drug-likeness (QED) is 0.754. The molecule has 0 bridgehead atoms. The van der Waals surface area contributed by atoms with Crippen molar-refractivity contribution in [3.63, 3.8) is 0 Å². The average Bonchev–Trinajstić information content (AvgIpc) is 2.18. The summed E-state index contributed by atoms with van der Waals surface area (Å²) in [5.41, 5.74) is -0.0585. The number of hydrogen-bond acceptors (Lipinski definition) is 3. The second-order valence-corrected chi connectivity index (χ2v) is 5.44. The summed E-state index contributed by atoms with van der Waals surface area (Å²) in [5, 5.41) is 9.30. The van der Waals surface area contributed by atoms with Gasteiger partial charge in [0.15, 0.2) is 0 Å². The van der Waals surface area contributed by atoms with Crippen LogP contribution < -0.4 is 0 Å². The molecule has 0 aromatic heterocycles. The molecule has 1 radical (unpaired) electrons. The predicted octanol–water partition coefficient (Wildman–Crippen LogP) is 0.989. The third kappa shape index (κ3) is 3.74. The predicted molar refractivity (Wildman–Crippen MR) is 63.8 cm³/mol. The Morgan fingerprint density at radius 2 is 1.67 bits per heavy atom. The number of hydrogen-bond donors (Lipinski definition) is 1. The fraction of sp³-hybridized carbons (Fsp3) is 0.917. The smallest absolute Gasteiger partial charge is 0.0610 e. The van der Waals surface area contributed by atoms with E-state index in [1.165, 1.54) is 5.92 Å². The monoisotopic (exact) mass is 213 g/mol. The lowest BCUT2D eigenvalue weighted by Gasteiger charge is -2.43. The minimum atomic E-state index is -0.0585. The van der Waals surface area contributed by atoms with E-state index in [4.69, 9.17) is 0 Å². The van der Waals surface area contributed by atoms with Crippen LogP contribution in [0.3, 0.4) is 0 Å². The van der Waals surface area contributed by atoms with E-state index < -0.39 is 0 Å². The molecule has 1 fully saturated rings. The Kier molecular flexibility index (Phi) is 4.56. The Morgan fingerprint density at radius 3 is 2.07 bits per heavy atom. The van der Waals surface area contributed by atoms with Crippen molar-refractivity contribution in [2.24, 2.45) is 0 Å². The molecule has 1 aliphatic heterocycles. The lowest BCUT2D eigenvalue weighted by Crippen LogP contribution is -2.56. The number of aliphatic hydroxyl groups is 1. The van der Waals surface area contributed by atoms with Crippen molar-refractivity contribution in [1.82, 2.24) is 9.80 Å². The van der Waals surface area contributed by atoms with Crippen molar-refractivity contribution in [2.75, 3.05) is 39.3 Å². The lowest BCUT2D eigenvalue weighted by atomic mass is 10.0. The minimum Gasteiger partial charge on any atom is -0.394 e. The standard InChI is InChI=1S/C12H25N2O/c1-11(2)9-13-5-7-14(8-6-13)12(3,4)10-15/h15H,5-10H2,1-4H3. The first-order valence-electron chi connectivity index (χ1n) is 5.83. The van der Waals surface area contributed by atoms with Gasteiger partial charge < -0.3 is 10.0 Å². The van der Waals surface area contributed by atoms with E-state index in [2.05, 4.69) is 37.5 Å². The molecule has 1 N–H and O–H groups in total.